The number of hydrogen-bond acceptors (Lipinski definition) is 5. The molecule has 176 valence electrons. The lowest BCUT2D eigenvalue weighted by molar-refractivity contribution is -0.140. The molecule has 0 aliphatic carbocycles. The largest absolute Gasteiger partial charge is 0.507 e. The number of Topliss-reactive ketones (excluding diaryl/α,β-unsaturated/α-hetero) is 1. The Balaban J connectivity index is 1.96. The third-order valence-electron chi connectivity index (χ3n) is 5.92. The highest BCUT2D eigenvalue weighted by molar-refractivity contribution is 6.47. The molecule has 1 heterocycles. The van der Waals surface area contributed by atoms with Crippen LogP contribution in [0.1, 0.15) is 17.2 Å². The predicted molar refractivity (Wildman–Crippen MR) is 135 cm³/mol. The molecule has 3 aromatic rings. The van der Waals surface area contributed by atoms with Crippen LogP contribution < -0.4 is 4.74 Å². The van der Waals surface area contributed by atoms with Gasteiger partial charge >= 0.3 is 0 Å². The van der Waals surface area contributed by atoms with Crippen LogP contribution >= 0.6 is 23.2 Å². The number of carbonyl (C=O) groups excluding carboxylic acids is 2. The zero-order valence-corrected chi connectivity index (χ0v) is 20.5. The number of carbonyl (C=O) groups is 2. The molecule has 0 spiro atoms. The van der Waals surface area contributed by atoms with E-state index in [0.717, 1.165) is 16.3 Å². The Morgan fingerprint density at radius 1 is 1.06 bits per heavy atom. The summed E-state index contributed by atoms with van der Waals surface area (Å²) >= 11 is 12.6. The first kappa shape index (κ1) is 24.1. The molecule has 1 atom stereocenters. The SMILES string of the molecule is COc1c(Cl)cc(/C(O)=C2\C(=O)C(=O)N(CCN(C)C)C2c2cccc3ccccc23)cc1Cl. The van der Waals surface area contributed by atoms with Crippen LogP contribution in [-0.4, -0.2) is 60.9 Å². The van der Waals surface area contributed by atoms with E-state index in [1.165, 1.54) is 24.1 Å². The van der Waals surface area contributed by atoms with Gasteiger partial charge in [0, 0.05) is 18.7 Å². The molecule has 1 aliphatic heterocycles. The highest BCUT2D eigenvalue weighted by atomic mass is 35.5. The Morgan fingerprint density at radius 3 is 2.35 bits per heavy atom. The van der Waals surface area contributed by atoms with Crippen molar-refractivity contribution >= 4 is 51.4 Å². The standard InChI is InChI=1S/C26H24Cl2N2O4/c1-29(2)11-12-30-22(18-10-6-8-15-7-4-5-9-17(15)18)21(24(32)26(30)33)23(31)16-13-19(27)25(34-3)20(28)14-16/h4-10,13-14,22,31H,11-12H2,1-3H3/b23-21+. The van der Waals surface area contributed by atoms with Crippen molar-refractivity contribution in [2.24, 2.45) is 0 Å². The van der Waals surface area contributed by atoms with Gasteiger partial charge in [-0.15, -0.1) is 0 Å². The molecule has 1 aliphatic rings. The van der Waals surface area contributed by atoms with Crippen molar-refractivity contribution in [1.29, 1.82) is 0 Å². The Hall–Kier alpha value is -3.06. The van der Waals surface area contributed by atoms with Crippen LogP contribution in [0.4, 0.5) is 0 Å². The maximum absolute atomic E-state index is 13.3. The minimum atomic E-state index is -0.772. The van der Waals surface area contributed by atoms with Gasteiger partial charge in [0.15, 0.2) is 5.75 Å². The van der Waals surface area contributed by atoms with Gasteiger partial charge in [-0.25, -0.2) is 0 Å². The minimum Gasteiger partial charge on any atom is -0.507 e. The molecular weight excluding hydrogens is 475 g/mol. The average Bonchev–Trinajstić information content (AvgIpc) is 3.06. The fourth-order valence-electron chi connectivity index (χ4n) is 4.28. The molecule has 1 N–H and O–H groups in total. The number of likely N-dealkylation sites (N-methyl/N-ethyl adjacent to an activating group) is 1. The van der Waals surface area contributed by atoms with E-state index < -0.39 is 17.7 Å². The molecule has 0 bridgehead atoms. The van der Waals surface area contributed by atoms with Gasteiger partial charge in [0.2, 0.25) is 0 Å². The normalized spacial score (nSPS) is 17.7. The van der Waals surface area contributed by atoms with E-state index in [2.05, 4.69) is 0 Å². The van der Waals surface area contributed by atoms with Crippen LogP contribution in [0.2, 0.25) is 10.0 Å². The fourth-order valence-corrected chi connectivity index (χ4v) is 4.92. The van der Waals surface area contributed by atoms with Crippen LogP contribution in [0.3, 0.4) is 0 Å². The molecule has 34 heavy (non-hydrogen) atoms. The zero-order valence-electron chi connectivity index (χ0n) is 19.0. The summed E-state index contributed by atoms with van der Waals surface area (Å²) in [7, 11) is 5.22. The Bertz CT molecular complexity index is 1290. The topological polar surface area (TPSA) is 70.1 Å². The number of methoxy groups -OCH3 is 1. The van der Waals surface area contributed by atoms with Crippen molar-refractivity contribution < 1.29 is 19.4 Å². The van der Waals surface area contributed by atoms with Gasteiger partial charge < -0.3 is 19.6 Å². The lowest BCUT2D eigenvalue weighted by Gasteiger charge is -2.27. The fraction of sp³-hybridized carbons (Fsp3) is 0.231. The predicted octanol–water partition coefficient (Wildman–Crippen LogP) is 5.14. The van der Waals surface area contributed by atoms with Crippen molar-refractivity contribution in [3.05, 3.63) is 81.3 Å². The molecule has 1 fully saturated rings. The van der Waals surface area contributed by atoms with Crippen molar-refractivity contribution in [2.75, 3.05) is 34.3 Å². The quantitative estimate of drug-likeness (QED) is 0.289. The second-order valence-corrected chi connectivity index (χ2v) is 9.15. The third kappa shape index (κ3) is 4.25. The van der Waals surface area contributed by atoms with E-state index in [-0.39, 0.29) is 32.7 Å². The van der Waals surface area contributed by atoms with Gasteiger partial charge in [-0.1, -0.05) is 65.7 Å². The van der Waals surface area contributed by atoms with Crippen LogP contribution in [0, 0.1) is 0 Å². The molecule has 0 radical (unpaired) electrons. The molecular formula is C26H24Cl2N2O4. The van der Waals surface area contributed by atoms with E-state index in [4.69, 9.17) is 27.9 Å². The number of benzene rings is 3. The number of rotatable bonds is 6. The zero-order chi connectivity index (χ0) is 24.6. The number of hydrogen-bond donors (Lipinski definition) is 1. The Morgan fingerprint density at radius 2 is 1.71 bits per heavy atom. The molecule has 4 rings (SSSR count). The maximum Gasteiger partial charge on any atom is 0.295 e. The van der Waals surface area contributed by atoms with E-state index in [1.54, 1.807) is 0 Å². The first-order valence-corrected chi connectivity index (χ1v) is 11.4. The lowest BCUT2D eigenvalue weighted by Crippen LogP contribution is -2.35. The van der Waals surface area contributed by atoms with Crippen LogP contribution in [-0.2, 0) is 9.59 Å². The molecule has 0 aromatic heterocycles. The molecule has 1 saturated heterocycles. The summed E-state index contributed by atoms with van der Waals surface area (Å²) in [5.41, 5.74) is 0.979. The van der Waals surface area contributed by atoms with Gasteiger partial charge in [-0.05, 0) is 42.6 Å². The van der Waals surface area contributed by atoms with E-state index in [9.17, 15) is 14.7 Å². The number of likely N-dealkylation sites (tertiary alicyclic amines) is 1. The Labute approximate surface area is 207 Å². The molecule has 1 unspecified atom stereocenters. The number of amides is 1. The molecule has 3 aromatic carbocycles. The first-order chi connectivity index (χ1) is 16.2. The smallest absolute Gasteiger partial charge is 0.295 e. The Kier molecular flexibility index (Phi) is 6.84. The van der Waals surface area contributed by atoms with Crippen molar-refractivity contribution in [3.8, 4) is 5.75 Å². The van der Waals surface area contributed by atoms with Crippen LogP contribution in [0.15, 0.2) is 60.2 Å². The molecule has 0 saturated carbocycles. The number of aliphatic hydroxyl groups excluding tert-OH is 1. The third-order valence-corrected chi connectivity index (χ3v) is 6.48. The highest BCUT2D eigenvalue weighted by Gasteiger charge is 2.46. The van der Waals surface area contributed by atoms with Crippen LogP contribution in [0.5, 0.6) is 5.75 Å². The van der Waals surface area contributed by atoms with Crippen LogP contribution in [0.25, 0.3) is 16.5 Å². The summed E-state index contributed by atoms with van der Waals surface area (Å²) < 4.78 is 5.19. The van der Waals surface area contributed by atoms with Gasteiger partial charge in [-0.2, -0.15) is 0 Å². The average molecular weight is 499 g/mol. The summed E-state index contributed by atoms with van der Waals surface area (Å²) in [6, 6.07) is 15.6. The van der Waals surface area contributed by atoms with Crippen molar-refractivity contribution in [1.82, 2.24) is 9.80 Å². The lowest BCUT2D eigenvalue weighted by atomic mass is 9.91. The number of nitrogens with zero attached hydrogens (tertiary/aromatic N) is 2. The molecule has 6 nitrogen and oxygen atoms in total. The summed E-state index contributed by atoms with van der Waals surface area (Å²) in [6.45, 7) is 0.862. The van der Waals surface area contributed by atoms with E-state index in [0.29, 0.717) is 13.1 Å². The van der Waals surface area contributed by atoms with E-state index in [1.807, 2.05) is 61.5 Å². The first-order valence-electron chi connectivity index (χ1n) is 10.7. The molecule has 1 amide bonds. The number of aliphatic hydroxyl groups is 1. The summed E-state index contributed by atoms with van der Waals surface area (Å²) in [5.74, 6) is -1.49. The second kappa shape index (κ2) is 9.66. The number of ether oxygens (including phenoxy) is 1. The maximum atomic E-state index is 13.3. The summed E-state index contributed by atoms with van der Waals surface area (Å²) in [4.78, 5) is 29.9. The van der Waals surface area contributed by atoms with Gasteiger partial charge in [-0.3, -0.25) is 9.59 Å². The molecule has 8 heteroatoms. The van der Waals surface area contributed by atoms with Crippen molar-refractivity contribution in [3.63, 3.8) is 0 Å². The summed E-state index contributed by atoms with van der Waals surface area (Å²) in [6.07, 6.45) is 0. The van der Waals surface area contributed by atoms with Gasteiger partial charge in [0.1, 0.15) is 5.76 Å². The van der Waals surface area contributed by atoms with Gasteiger partial charge in [0.05, 0.1) is 28.8 Å². The van der Waals surface area contributed by atoms with Gasteiger partial charge in [0.25, 0.3) is 11.7 Å². The number of ketones is 1. The number of fused-ring (bicyclic) bond motifs is 1. The minimum absolute atomic E-state index is 0.00240. The second-order valence-electron chi connectivity index (χ2n) is 8.34. The monoisotopic (exact) mass is 498 g/mol. The van der Waals surface area contributed by atoms with Crippen molar-refractivity contribution in [2.45, 2.75) is 6.04 Å². The van der Waals surface area contributed by atoms with E-state index >= 15 is 0 Å². The number of halogens is 2. The summed E-state index contributed by atoms with van der Waals surface area (Å²) in [5, 5.41) is 13.6. The highest BCUT2D eigenvalue weighted by Crippen LogP contribution is 2.43.